The Balaban J connectivity index is 2.48. The highest BCUT2D eigenvalue weighted by Gasteiger charge is 2.11. The first-order valence-corrected chi connectivity index (χ1v) is 5.64. The molecule has 1 aromatic heterocycles. The van der Waals surface area contributed by atoms with Crippen LogP contribution in [0.4, 0.5) is 4.39 Å². The minimum atomic E-state index is -0.413. The van der Waals surface area contributed by atoms with Gasteiger partial charge in [0.25, 0.3) is 0 Å². The fraction of sp³-hybridized carbons (Fsp3) is 0.273. The summed E-state index contributed by atoms with van der Waals surface area (Å²) in [5.41, 5.74) is 6.38. The highest BCUT2D eigenvalue weighted by atomic mass is 35.5. The second-order valence-electron chi connectivity index (χ2n) is 3.66. The molecule has 0 radical (unpaired) electrons. The lowest BCUT2D eigenvalue weighted by molar-refractivity contribution is -0.118. The van der Waals surface area contributed by atoms with Crippen LogP contribution in [0.3, 0.4) is 0 Å². The summed E-state index contributed by atoms with van der Waals surface area (Å²) >= 11 is 5.77. The third-order valence-corrected chi connectivity index (χ3v) is 2.73. The summed E-state index contributed by atoms with van der Waals surface area (Å²) < 4.78 is 14.9. The van der Waals surface area contributed by atoms with Gasteiger partial charge in [-0.1, -0.05) is 0 Å². The van der Waals surface area contributed by atoms with E-state index < -0.39 is 5.91 Å². The van der Waals surface area contributed by atoms with E-state index in [2.05, 4.69) is 4.98 Å². The number of fused-ring (bicyclic) bond motifs is 1. The Morgan fingerprint density at radius 3 is 2.94 bits per heavy atom. The van der Waals surface area contributed by atoms with Crippen molar-refractivity contribution in [2.24, 2.45) is 5.73 Å². The summed E-state index contributed by atoms with van der Waals surface area (Å²) in [7, 11) is 0. The first-order chi connectivity index (χ1) is 8.11. The number of alkyl halides is 1. The van der Waals surface area contributed by atoms with Crippen molar-refractivity contribution in [3.63, 3.8) is 0 Å². The maximum absolute atomic E-state index is 13.2. The predicted octanol–water partition coefficient (Wildman–Crippen LogP) is 1.79. The topological polar surface area (TPSA) is 60.9 Å². The smallest absolute Gasteiger partial charge is 0.219 e. The molecule has 0 aliphatic carbocycles. The zero-order valence-electron chi connectivity index (χ0n) is 8.99. The number of aromatic nitrogens is 2. The van der Waals surface area contributed by atoms with Crippen LogP contribution < -0.4 is 5.73 Å². The molecule has 2 rings (SSSR count). The van der Waals surface area contributed by atoms with E-state index in [1.54, 1.807) is 10.6 Å². The van der Waals surface area contributed by atoms with Gasteiger partial charge in [-0.3, -0.25) is 4.79 Å². The zero-order chi connectivity index (χ0) is 12.4. The van der Waals surface area contributed by atoms with E-state index in [0.717, 1.165) is 0 Å². The van der Waals surface area contributed by atoms with Crippen LogP contribution in [0.25, 0.3) is 11.0 Å². The van der Waals surface area contributed by atoms with E-state index in [0.29, 0.717) is 23.4 Å². The van der Waals surface area contributed by atoms with Gasteiger partial charge in [0.1, 0.15) is 11.6 Å². The van der Waals surface area contributed by atoms with Crippen LogP contribution in [0.1, 0.15) is 12.2 Å². The number of benzene rings is 1. The summed E-state index contributed by atoms with van der Waals surface area (Å²) in [4.78, 5) is 15.0. The summed E-state index contributed by atoms with van der Waals surface area (Å²) in [6.45, 7) is 0.358. The second kappa shape index (κ2) is 4.71. The first kappa shape index (κ1) is 11.9. The van der Waals surface area contributed by atoms with Crippen molar-refractivity contribution in [2.45, 2.75) is 18.8 Å². The third kappa shape index (κ3) is 2.39. The summed E-state index contributed by atoms with van der Waals surface area (Å²) in [5.74, 6) is 0.0471. The number of rotatable bonds is 4. The number of carbonyl (C=O) groups excluding carboxylic acids is 1. The maximum atomic E-state index is 13.2. The Kier molecular flexibility index (Phi) is 3.28. The molecule has 1 amide bonds. The molecule has 0 saturated heterocycles. The molecule has 0 saturated carbocycles. The van der Waals surface area contributed by atoms with Gasteiger partial charge in [0.05, 0.1) is 16.9 Å². The number of amides is 1. The van der Waals surface area contributed by atoms with Gasteiger partial charge in [0.15, 0.2) is 0 Å². The Hall–Kier alpha value is -1.62. The van der Waals surface area contributed by atoms with Gasteiger partial charge >= 0.3 is 0 Å². The van der Waals surface area contributed by atoms with E-state index in [1.165, 1.54) is 12.1 Å². The fourth-order valence-electron chi connectivity index (χ4n) is 1.72. The van der Waals surface area contributed by atoms with Crippen molar-refractivity contribution in [3.05, 3.63) is 29.8 Å². The average molecular weight is 256 g/mol. The van der Waals surface area contributed by atoms with Crippen molar-refractivity contribution < 1.29 is 9.18 Å². The van der Waals surface area contributed by atoms with Crippen LogP contribution in [-0.2, 0) is 17.2 Å². The molecule has 1 aromatic carbocycles. The second-order valence-corrected chi connectivity index (χ2v) is 3.93. The first-order valence-electron chi connectivity index (χ1n) is 5.10. The Morgan fingerprint density at radius 1 is 1.53 bits per heavy atom. The standard InChI is InChI=1S/C11H11ClFN3O/c12-6-11-15-8-2-1-7(13)5-9(8)16(11)4-3-10(14)17/h1-2,5H,3-4,6H2,(H2,14,17). The number of primary amides is 1. The Bertz CT molecular complexity index is 567. The molecule has 0 atom stereocenters. The molecule has 0 fully saturated rings. The number of carbonyl (C=O) groups is 1. The van der Waals surface area contributed by atoms with Crippen LogP contribution in [0.2, 0.25) is 0 Å². The van der Waals surface area contributed by atoms with Crippen molar-refractivity contribution in [2.75, 3.05) is 0 Å². The average Bonchev–Trinajstić information content (AvgIpc) is 2.63. The normalized spacial score (nSPS) is 10.9. The van der Waals surface area contributed by atoms with E-state index in [9.17, 15) is 9.18 Å². The lowest BCUT2D eigenvalue weighted by atomic mass is 10.3. The summed E-state index contributed by atoms with van der Waals surface area (Å²) in [5, 5.41) is 0. The van der Waals surface area contributed by atoms with Crippen molar-refractivity contribution >= 4 is 28.5 Å². The number of halogens is 2. The number of hydrogen-bond acceptors (Lipinski definition) is 2. The number of aryl methyl sites for hydroxylation is 1. The van der Waals surface area contributed by atoms with Gasteiger partial charge in [-0.15, -0.1) is 11.6 Å². The largest absolute Gasteiger partial charge is 0.370 e. The highest BCUT2D eigenvalue weighted by Crippen LogP contribution is 2.19. The molecule has 17 heavy (non-hydrogen) atoms. The molecule has 0 spiro atoms. The summed E-state index contributed by atoms with van der Waals surface area (Å²) in [6, 6.07) is 4.30. The van der Waals surface area contributed by atoms with E-state index in [4.69, 9.17) is 17.3 Å². The molecule has 1 heterocycles. The van der Waals surface area contributed by atoms with E-state index in [-0.39, 0.29) is 18.1 Å². The molecular weight excluding hydrogens is 245 g/mol. The van der Waals surface area contributed by atoms with Crippen LogP contribution in [0.15, 0.2) is 18.2 Å². The molecule has 4 nitrogen and oxygen atoms in total. The lowest BCUT2D eigenvalue weighted by Crippen LogP contribution is -2.14. The Morgan fingerprint density at radius 2 is 2.29 bits per heavy atom. The number of imidazole rings is 1. The van der Waals surface area contributed by atoms with Gasteiger partial charge < -0.3 is 10.3 Å². The molecule has 6 heteroatoms. The fourth-order valence-corrected chi connectivity index (χ4v) is 1.92. The Labute approximate surface area is 102 Å². The van der Waals surface area contributed by atoms with Gasteiger partial charge in [0, 0.05) is 13.0 Å². The van der Waals surface area contributed by atoms with Crippen LogP contribution in [0.5, 0.6) is 0 Å². The number of nitrogens with zero attached hydrogens (tertiary/aromatic N) is 2. The lowest BCUT2D eigenvalue weighted by Gasteiger charge is -2.05. The van der Waals surface area contributed by atoms with Crippen molar-refractivity contribution in [1.29, 1.82) is 0 Å². The van der Waals surface area contributed by atoms with Crippen LogP contribution in [-0.4, -0.2) is 15.5 Å². The van der Waals surface area contributed by atoms with Gasteiger partial charge in [-0.25, -0.2) is 9.37 Å². The molecule has 0 unspecified atom stereocenters. The molecule has 2 N–H and O–H groups in total. The van der Waals surface area contributed by atoms with E-state index in [1.807, 2.05) is 0 Å². The van der Waals surface area contributed by atoms with Crippen molar-refractivity contribution in [3.8, 4) is 0 Å². The monoisotopic (exact) mass is 255 g/mol. The minimum absolute atomic E-state index is 0.172. The quantitative estimate of drug-likeness (QED) is 0.847. The number of hydrogen-bond donors (Lipinski definition) is 1. The SMILES string of the molecule is NC(=O)CCn1c(CCl)nc2ccc(F)cc21. The molecular formula is C11H11ClFN3O. The van der Waals surface area contributed by atoms with E-state index >= 15 is 0 Å². The molecule has 2 aromatic rings. The molecule has 90 valence electrons. The molecule has 0 aliphatic rings. The zero-order valence-corrected chi connectivity index (χ0v) is 9.75. The van der Waals surface area contributed by atoms with Gasteiger partial charge in [0.2, 0.25) is 5.91 Å². The maximum Gasteiger partial charge on any atom is 0.219 e. The predicted molar refractivity (Wildman–Crippen MR) is 63.1 cm³/mol. The third-order valence-electron chi connectivity index (χ3n) is 2.49. The molecule has 0 aliphatic heterocycles. The van der Waals surface area contributed by atoms with Crippen molar-refractivity contribution in [1.82, 2.24) is 9.55 Å². The van der Waals surface area contributed by atoms with Gasteiger partial charge in [-0.2, -0.15) is 0 Å². The summed E-state index contributed by atoms with van der Waals surface area (Å²) in [6.07, 6.45) is 0.172. The van der Waals surface area contributed by atoms with Crippen LogP contribution >= 0.6 is 11.6 Å². The number of nitrogens with two attached hydrogens (primary N) is 1. The minimum Gasteiger partial charge on any atom is -0.370 e. The highest BCUT2D eigenvalue weighted by molar-refractivity contribution is 6.16. The van der Waals surface area contributed by atoms with Crippen LogP contribution in [0, 0.1) is 5.82 Å². The van der Waals surface area contributed by atoms with Gasteiger partial charge in [-0.05, 0) is 18.2 Å². The molecule has 0 bridgehead atoms.